The van der Waals surface area contributed by atoms with Gasteiger partial charge in [-0.1, -0.05) is 12.2 Å². The number of aromatic nitrogens is 6. The number of halogens is 1. The van der Waals surface area contributed by atoms with Gasteiger partial charge in [-0.2, -0.15) is 4.98 Å². The number of thiol groups is 1. The monoisotopic (exact) mass is 743 g/mol. The number of fused-ring (bicyclic) bond motifs is 1. The predicted octanol–water partition coefficient (Wildman–Crippen LogP) is -0.934. The average molecular weight is 744 g/mol. The summed E-state index contributed by atoms with van der Waals surface area (Å²) in [5.41, 5.74) is 17.7. The third kappa shape index (κ3) is 7.69. The van der Waals surface area contributed by atoms with Crippen molar-refractivity contribution in [2.24, 2.45) is 0 Å². The lowest BCUT2D eigenvalue weighted by Crippen LogP contribution is -2.48. The van der Waals surface area contributed by atoms with Crippen molar-refractivity contribution in [1.82, 2.24) is 34.9 Å². The normalized spacial score (nSPS) is 28.8. The molecule has 0 radical (unpaired) electrons. The molecule has 0 aliphatic carbocycles. The summed E-state index contributed by atoms with van der Waals surface area (Å²) >= 11 is 8.72. The largest absolute Gasteiger partial charge is 0.393 e. The van der Waals surface area contributed by atoms with E-state index in [1.165, 1.54) is 29.3 Å². The molecule has 11 N–H and O–H groups in total. The molecule has 5 heterocycles. The second kappa shape index (κ2) is 13.7. The molecule has 0 aromatic carbocycles. The van der Waals surface area contributed by atoms with E-state index in [2.05, 4.69) is 42.6 Å². The van der Waals surface area contributed by atoms with Crippen molar-refractivity contribution in [2.75, 3.05) is 49.1 Å². The van der Waals surface area contributed by atoms with Gasteiger partial charge in [-0.25, -0.2) is 29.3 Å². The maximum absolute atomic E-state index is 15.1. The van der Waals surface area contributed by atoms with Crippen molar-refractivity contribution >= 4 is 72.0 Å². The van der Waals surface area contributed by atoms with Gasteiger partial charge in [0.05, 0.1) is 26.1 Å². The second-order valence-electron chi connectivity index (χ2n) is 10.4. The quantitative estimate of drug-likeness (QED) is 0.0580. The number of aliphatic hydroxyl groups excluding tert-OH is 1. The molecule has 2 fully saturated rings. The first kappa shape index (κ1) is 35.7. The van der Waals surface area contributed by atoms with E-state index in [0.717, 1.165) is 0 Å². The summed E-state index contributed by atoms with van der Waals surface area (Å²) in [5, 5.41) is 11.6. The molecule has 2 aliphatic heterocycles. The van der Waals surface area contributed by atoms with Gasteiger partial charge >= 0.3 is 13.5 Å². The Morgan fingerprint density at radius 2 is 2.04 bits per heavy atom. The summed E-state index contributed by atoms with van der Waals surface area (Å²) in [7, 11) is 1.46. The number of aliphatic hydroxyl groups is 1. The summed E-state index contributed by atoms with van der Waals surface area (Å²) in [4.78, 5) is 51.2. The van der Waals surface area contributed by atoms with Crippen LogP contribution in [-0.4, -0.2) is 101 Å². The van der Waals surface area contributed by atoms with Gasteiger partial charge in [-0.15, -0.1) is 0 Å². The number of nitrogens with one attached hydrogen (secondary N) is 2. The number of imidazole rings is 1. The van der Waals surface area contributed by atoms with Crippen LogP contribution in [0.4, 0.5) is 27.7 Å². The SMILES string of the molecule is CNN(c1nc(N)[nH]c(=O)c1N)[C@H]1C[C@@H](F)[C@@H](COP(O)(=S)O[C@H]2C[C@H](n3cnc4c(N)ncnc43)OC2(CO)COP(=O)(O)S)O1. The molecule has 0 spiro atoms. The van der Waals surface area contributed by atoms with Gasteiger partial charge in [0, 0.05) is 19.9 Å². The van der Waals surface area contributed by atoms with Gasteiger partial charge in [-0.3, -0.25) is 23.9 Å². The van der Waals surface area contributed by atoms with Crippen LogP contribution in [0.15, 0.2) is 17.4 Å². The van der Waals surface area contributed by atoms with Crippen molar-refractivity contribution in [2.45, 2.75) is 49.3 Å². The van der Waals surface area contributed by atoms with Crippen molar-refractivity contribution in [3.63, 3.8) is 0 Å². The number of rotatable bonds is 13. The molecule has 3 aromatic rings. The lowest BCUT2D eigenvalue weighted by molar-refractivity contribution is -0.142. The third-order valence-corrected chi connectivity index (χ3v) is 9.73. The highest BCUT2D eigenvalue weighted by atomic mass is 32.7. The molecule has 0 saturated carbocycles. The molecule has 5 rings (SSSR count). The molecule has 3 aromatic heterocycles. The summed E-state index contributed by atoms with van der Waals surface area (Å²) < 4.78 is 56.5. The highest BCUT2D eigenvalue weighted by molar-refractivity contribution is 8.44. The fraction of sp³-hybridized carbons (Fsp3) is 0.571. The number of hydrogen-bond acceptors (Lipinski definition) is 18. The van der Waals surface area contributed by atoms with E-state index in [-0.39, 0.29) is 47.3 Å². The van der Waals surface area contributed by atoms with Crippen LogP contribution in [0.3, 0.4) is 0 Å². The van der Waals surface area contributed by atoms with Crippen LogP contribution in [0.1, 0.15) is 19.1 Å². The first-order valence-electron chi connectivity index (χ1n) is 13.6. The Labute approximate surface area is 274 Å². The van der Waals surface area contributed by atoms with E-state index >= 15 is 4.39 Å². The van der Waals surface area contributed by atoms with Crippen molar-refractivity contribution < 1.29 is 46.9 Å². The number of H-pyrrole nitrogens is 1. The van der Waals surface area contributed by atoms with E-state index in [1.807, 2.05) is 0 Å². The zero-order valence-corrected chi connectivity index (χ0v) is 27.8. The third-order valence-electron chi connectivity index (χ3n) is 7.35. The minimum Gasteiger partial charge on any atom is -0.393 e. The first-order chi connectivity index (χ1) is 22.1. The zero-order chi connectivity index (χ0) is 34.3. The molecule has 2 saturated heterocycles. The summed E-state index contributed by atoms with van der Waals surface area (Å²) in [6.07, 6.45) is -4.10. The number of nitrogen functional groups attached to an aromatic ring is 3. The van der Waals surface area contributed by atoms with Crippen LogP contribution < -0.4 is 33.2 Å². The second-order valence-corrected chi connectivity index (χ2v) is 15.9. The molecular formula is C21H32FN11O10P2S2. The highest BCUT2D eigenvalue weighted by Gasteiger charge is 2.53. The lowest BCUT2D eigenvalue weighted by atomic mass is 9.99. The van der Waals surface area contributed by atoms with Gasteiger partial charge in [-0.05, 0) is 11.8 Å². The van der Waals surface area contributed by atoms with Gasteiger partial charge in [0.15, 0.2) is 17.3 Å². The maximum atomic E-state index is 15.1. The Kier molecular flexibility index (Phi) is 10.4. The minimum absolute atomic E-state index is 0.0912. The number of nitrogens with zero attached hydrogens (tertiary/aromatic N) is 6. The summed E-state index contributed by atoms with van der Waals surface area (Å²) in [6.45, 7) is -10.8. The fourth-order valence-electron chi connectivity index (χ4n) is 5.10. The Bertz CT molecular complexity index is 1770. The van der Waals surface area contributed by atoms with Crippen LogP contribution in [0, 0.1) is 0 Å². The molecule has 26 heteroatoms. The smallest absolute Gasteiger partial charge is 0.383 e. The molecule has 21 nitrogen and oxygen atoms in total. The van der Waals surface area contributed by atoms with Crippen LogP contribution in [0.2, 0.25) is 0 Å². The number of hydrogen-bond donors (Lipinski definition) is 9. The summed E-state index contributed by atoms with van der Waals surface area (Å²) in [6, 6.07) is 0. The van der Waals surface area contributed by atoms with Crippen LogP contribution in [0.25, 0.3) is 11.2 Å². The molecule has 3 unspecified atom stereocenters. The van der Waals surface area contributed by atoms with E-state index < -0.39 is 75.3 Å². The van der Waals surface area contributed by atoms with Crippen LogP contribution in [-0.2, 0) is 39.4 Å². The van der Waals surface area contributed by atoms with Gasteiger partial charge in [0.1, 0.15) is 54.0 Å². The lowest BCUT2D eigenvalue weighted by Gasteiger charge is -2.34. The fourth-order valence-corrected chi connectivity index (χ4v) is 7.15. The Morgan fingerprint density at radius 1 is 1.30 bits per heavy atom. The van der Waals surface area contributed by atoms with Crippen molar-refractivity contribution in [1.29, 1.82) is 0 Å². The minimum atomic E-state index is -4.38. The maximum Gasteiger partial charge on any atom is 0.383 e. The number of ether oxygens (including phenoxy) is 2. The van der Waals surface area contributed by atoms with Crippen molar-refractivity contribution in [3.05, 3.63) is 23.0 Å². The van der Waals surface area contributed by atoms with E-state index in [0.29, 0.717) is 0 Å². The topological polar surface area (TPSA) is 307 Å². The Hall–Kier alpha value is -2.57. The van der Waals surface area contributed by atoms with E-state index in [1.54, 1.807) is 0 Å². The highest BCUT2D eigenvalue weighted by Crippen LogP contribution is 2.54. The van der Waals surface area contributed by atoms with Gasteiger partial charge < -0.3 is 50.6 Å². The number of nitrogens with two attached hydrogens (primary N) is 3. The van der Waals surface area contributed by atoms with Crippen molar-refractivity contribution in [3.8, 4) is 0 Å². The summed E-state index contributed by atoms with van der Waals surface area (Å²) in [5.74, 6) is -0.243. The number of anilines is 4. The predicted molar refractivity (Wildman–Crippen MR) is 170 cm³/mol. The first-order valence-corrected chi connectivity index (χ1v) is 18.9. The van der Waals surface area contributed by atoms with Crippen LogP contribution >= 0.6 is 25.8 Å². The standard InChI is InChI=1S/C21H32FN11O10P2S2/c1-26-33(17-14(23)19(35)31-20(25)30-17)13-2-9(22)10(41-13)4-39-45(38,47)43-11-3-12(42-21(11,5-34)6-40-44(36,37)46)32-8-29-15-16(24)27-7-28-18(15)32/h7-13,26,34H,2-6,23H2,1H3,(H,38,47)(H2,24,27,28)(H2,36,37,46)(H3,25,30,31,35)/t9-,10-,11+,12-,13-,21?,45?/m1/s1. The van der Waals surface area contributed by atoms with Gasteiger partial charge in [0.25, 0.3) is 5.56 Å². The number of alkyl halides is 1. The molecule has 0 amide bonds. The number of aromatic amines is 1. The zero-order valence-electron chi connectivity index (χ0n) is 24.3. The average Bonchev–Trinajstić information content (AvgIpc) is 3.69. The molecule has 8 atom stereocenters. The van der Waals surface area contributed by atoms with E-state index in [9.17, 15) is 24.3 Å². The number of hydrazine groups is 1. The molecule has 47 heavy (non-hydrogen) atoms. The Balaban J connectivity index is 1.31. The molecule has 2 aliphatic rings. The Morgan fingerprint density at radius 3 is 2.72 bits per heavy atom. The van der Waals surface area contributed by atoms with E-state index in [4.69, 9.17) is 52.1 Å². The molecule has 0 bridgehead atoms. The molecular weight excluding hydrogens is 711 g/mol. The van der Waals surface area contributed by atoms with Gasteiger partial charge in [0.2, 0.25) is 5.95 Å². The molecule has 260 valence electrons. The van der Waals surface area contributed by atoms with Crippen LogP contribution in [0.5, 0.6) is 0 Å².